The van der Waals surface area contributed by atoms with Crippen molar-refractivity contribution in [3.8, 4) is 0 Å². The molecule has 204 valence electrons. The lowest BCUT2D eigenvalue weighted by Crippen LogP contribution is -2.50. The Morgan fingerprint density at radius 3 is 2.54 bits per heavy atom. The van der Waals surface area contributed by atoms with Crippen LogP contribution in [0.5, 0.6) is 0 Å². The predicted molar refractivity (Wildman–Crippen MR) is 155 cm³/mol. The van der Waals surface area contributed by atoms with Crippen molar-refractivity contribution in [2.75, 3.05) is 41.3 Å². The van der Waals surface area contributed by atoms with E-state index in [1.807, 2.05) is 56.3 Å². The molecule has 0 fully saturated rings. The van der Waals surface area contributed by atoms with Gasteiger partial charge in [-0.15, -0.1) is 0 Å². The molecule has 0 atom stereocenters. The second-order valence-corrected chi connectivity index (χ2v) is 10.4. The van der Waals surface area contributed by atoms with Crippen LogP contribution in [-0.2, 0) is 27.2 Å². The van der Waals surface area contributed by atoms with Gasteiger partial charge in [0.25, 0.3) is 0 Å². The number of rotatable bonds is 11. The second kappa shape index (κ2) is 13.4. The summed E-state index contributed by atoms with van der Waals surface area (Å²) >= 11 is 5.95. The lowest BCUT2D eigenvalue weighted by molar-refractivity contribution is -0.122. The highest BCUT2D eigenvalue weighted by atomic mass is 35.5. The number of fused-ring (bicyclic) bond motifs is 1. The van der Waals surface area contributed by atoms with Crippen molar-refractivity contribution in [3.05, 3.63) is 83.1 Å². The monoisotopic (exact) mass is 547 g/mol. The van der Waals surface area contributed by atoms with Gasteiger partial charge in [-0.05, 0) is 66.9 Å². The molecule has 3 aromatic rings. The Bertz CT molecular complexity index is 1300. The molecular formula is C30H34ClN5O3. The Kier molecular flexibility index (Phi) is 9.68. The first-order valence-corrected chi connectivity index (χ1v) is 13.6. The lowest BCUT2D eigenvalue weighted by atomic mass is 10.1. The van der Waals surface area contributed by atoms with Crippen LogP contribution in [0.2, 0.25) is 5.02 Å². The van der Waals surface area contributed by atoms with Crippen LogP contribution in [0.4, 0.5) is 17.1 Å². The fourth-order valence-electron chi connectivity index (χ4n) is 4.48. The van der Waals surface area contributed by atoms with E-state index in [2.05, 4.69) is 15.6 Å². The minimum atomic E-state index is -0.212. The van der Waals surface area contributed by atoms with Gasteiger partial charge in [0.1, 0.15) is 6.54 Å². The summed E-state index contributed by atoms with van der Waals surface area (Å²) in [6.45, 7) is 5.01. The minimum absolute atomic E-state index is 0.0731. The number of carbonyl (C=O) groups excluding carboxylic acids is 3. The van der Waals surface area contributed by atoms with E-state index in [1.54, 1.807) is 29.3 Å². The average Bonchev–Trinajstić information content (AvgIpc) is 2.91. The van der Waals surface area contributed by atoms with Gasteiger partial charge in [-0.3, -0.25) is 24.3 Å². The molecule has 0 spiro atoms. The van der Waals surface area contributed by atoms with Gasteiger partial charge in [-0.25, -0.2) is 0 Å². The van der Waals surface area contributed by atoms with E-state index >= 15 is 0 Å². The molecule has 3 amide bonds. The molecular weight excluding hydrogens is 514 g/mol. The van der Waals surface area contributed by atoms with E-state index in [-0.39, 0.29) is 36.7 Å². The number of nitrogens with zero attached hydrogens (tertiary/aromatic N) is 3. The summed E-state index contributed by atoms with van der Waals surface area (Å²) in [5.74, 6) is -0.245. The third kappa shape index (κ3) is 7.88. The molecule has 9 heteroatoms. The van der Waals surface area contributed by atoms with Crippen molar-refractivity contribution >= 4 is 46.4 Å². The fourth-order valence-corrected chi connectivity index (χ4v) is 4.61. The summed E-state index contributed by atoms with van der Waals surface area (Å²) in [6, 6.07) is 18.6. The van der Waals surface area contributed by atoms with E-state index in [1.165, 1.54) is 4.90 Å². The predicted octanol–water partition coefficient (Wildman–Crippen LogP) is 4.47. The van der Waals surface area contributed by atoms with Crippen molar-refractivity contribution in [2.24, 2.45) is 5.92 Å². The lowest BCUT2D eigenvalue weighted by Gasteiger charge is -2.36. The largest absolute Gasteiger partial charge is 0.326 e. The van der Waals surface area contributed by atoms with Gasteiger partial charge in [0, 0.05) is 42.0 Å². The zero-order valence-corrected chi connectivity index (χ0v) is 23.1. The Hall–Kier alpha value is -3.75. The molecule has 0 aliphatic carbocycles. The first-order chi connectivity index (χ1) is 18.8. The maximum Gasteiger partial charge on any atom is 0.247 e. The standard InChI is InChI=1S/C30H34ClN5O3/c1-21(2)17-28(37)34-25-10-11-26-27(18-25)36(20-30(39)35(26)16-13-24-5-3-4-14-33-24)29(38)19-32-15-12-22-6-8-23(31)9-7-22/h3-11,14,18,21,32H,12-13,15-17,19-20H2,1-2H3,(H,34,37). The van der Waals surface area contributed by atoms with Gasteiger partial charge < -0.3 is 15.5 Å². The van der Waals surface area contributed by atoms with Gasteiger partial charge in [-0.1, -0.05) is 43.6 Å². The molecule has 1 aliphatic heterocycles. The first kappa shape index (κ1) is 28.3. The molecule has 8 nitrogen and oxygen atoms in total. The topological polar surface area (TPSA) is 94.6 Å². The van der Waals surface area contributed by atoms with Crippen LogP contribution in [0.15, 0.2) is 66.9 Å². The smallest absolute Gasteiger partial charge is 0.247 e. The highest BCUT2D eigenvalue weighted by molar-refractivity contribution is 6.30. The maximum absolute atomic E-state index is 13.3. The summed E-state index contributed by atoms with van der Waals surface area (Å²) in [7, 11) is 0. The highest BCUT2D eigenvalue weighted by Crippen LogP contribution is 2.36. The molecule has 0 saturated carbocycles. The zero-order chi connectivity index (χ0) is 27.8. The number of nitrogens with one attached hydrogen (secondary N) is 2. The molecule has 2 aromatic carbocycles. The van der Waals surface area contributed by atoms with E-state index in [9.17, 15) is 14.4 Å². The number of anilines is 3. The molecule has 0 saturated heterocycles. The molecule has 4 rings (SSSR count). The number of amides is 3. The number of hydrogen-bond acceptors (Lipinski definition) is 5. The summed E-state index contributed by atoms with van der Waals surface area (Å²) in [6.07, 6.45) is 3.45. The van der Waals surface area contributed by atoms with Crippen molar-refractivity contribution in [2.45, 2.75) is 33.1 Å². The summed E-state index contributed by atoms with van der Waals surface area (Å²) in [4.78, 5) is 46.5. The number of aromatic nitrogens is 1. The molecule has 0 bridgehead atoms. The Balaban J connectivity index is 1.49. The molecule has 2 N–H and O–H groups in total. The van der Waals surface area contributed by atoms with Crippen molar-refractivity contribution in [1.82, 2.24) is 10.3 Å². The van der Waals surface area contributed by atoms with Crippen LogP contribution in [-0.4, -0.2) is 48.9 Å². The Labute approximate surface area is 234 Å². The quantitative estimate of drug-likeness (QED) is 0.345. The fraction of sp³-hybridized carbons (Fsp3) is 0.333. The van der Waals surface area contributed by atoms with Gasteiger partial charge in [0.2, 0.25) is 17.7 Å². The molecule has 2 heterocycles. The van der Waals surface area contributed by atoms with Crippen LogP contribution in [0.3, 0.4) is 0 Å². The van der Waals surface area contributed by atoms with Crippen molar-refractivity contribution in [1.29, 1.82) is 0 Å². The van der Waals surface area contributed by atoms with Crippen molar-refractivity contribution in [3.63, 3.8) is 0 Å². The van der Waals surface area contributed by atoms with Gasteiger partial charge in [0.05, 0.1) is 17.9 Å². The Morgan fingerprint density at radius 1 is 1.03 bits per heavy atom. The number of carbonyl (C=O) groups is 3. The van der Waals surface area contributed by atoms with E-state index in [0.29, 0.717) is 48.0 Å². The second-order valence-electron chi connectivity index (χ2n) is 10.00. The maximum atomic E-state index is 13.3. The number of hydrogen-bond donors (Lipinski definition) is 2. The van der Waals surface area contributed by atoms with E-state index in [0.717, 1.165) is 17.7 Å². The molecule has 39 heavy (non-hydrogen) atoms. The SMILES string of the molecule is CC(C)CC(=O)Nc1ccc2c(c1)N(C(=O)CNCCc1ccc(Cl)cc1)CC(=O)N2CCc1ccccn1. The summed E-state index contributed by atoms with van der Waals surface area (Å²) in [5.41, 5.74) is 3.82. The average molecular weight is 548 g/mol. The number of benzene rings is 2. The highest BCUT2D eigenvalue weighted by Gasteiger charge is 2.32. The molecule has 1 aromatic heterocycles. The number of pyridine rings is 1. The van der Waals surface area contributed by atoms with E-state index in [4.69, 9.17) is 11.6 Å². The summed E-state index contributed by atoms with van der Waals surface area (Å²) < 4.78 is 0. The van der Waals surface area contributed by atoms with Gasteiger partial charge in [0.15, 0.2) is 0 Å². The minimum Gasteiger partial charge on any atom is -0.326 e. The zero-order valence-electron chi connectivity index (χ0n) is 22.3. The van der Waals surface area contributed by atoms with Crippen LogP contribution in [0, 0.1) is 5.92 Å². The Morgan fingerprint density at radius 2 is 1.82 bits per heavy atom. The number of halogens is 1. The van der Waals surface area contributed by atoms with E-state index < -0.39 is 0 Å². The van der Waals surface area contributed by atoms with Crippen LogP contribution < -0.4 is 20.4 Å². The van der Waals surface area contributed by atoms with Crippen LogP contribution >= 0.6 is 11.6 Å². The van der Waals surface area contributed by atoms with Crippen LogP contribution in [0.25, 0.3) is 0 Å². The first-order valence-electron chi connectivity index (χ1n) is 13.2. The van der Waals surface area contributed by atoms with Gasteiger partial charge >= 0.3 is 0 Å². The molecule has 0 radical (unpaired) electrons. The normalized spacial score (nSPS) is 13.0. The van der Waals surface area contributed by atoms with Crippen LogP contribution in [0.1, 0.15) is 31.5 Å². The van der Waals surface area contributed by atoms with Gasteiger partial charge in [-0.2, -0.15) is 0 Å². The third-order valence-electron chi connectivity index (χ3n) is 6.43. The third-order valence-corrected chi connectivity index (χ3v) is 6.68. The molecule has 0 unspecified atom stereocenters. The molecule has 1 aliphatic rings. The summed E-state index contributed by atoms with van der Waals surface area (Å²) in [5, 5.41) is 6.80. The van der Waals surface area contributed by atoms with Crippen molar-refractivity contribution < 1.29 is 14.4 Å².